The Bertz CT molecular complexity index is 981. The van der Waals surface area contributed by atoms with Gasteiger partial charge in [0, 0.05) is 25.4 Å². The number of fused-ring (bicyclic) bond motifs is 1. The number of furan rings is 1. The first-order valence-electron chi connectivity index (χ1n) is 8.85. The van der Waals surface area contributed by atoms with Crippen LogP contribution in [0.4, 0.5) is 16.6 Å². The van der Waals surface area contributed by atoms with Crippen LogP contribution in [0.15, 0.2) is 35.1 Å². The van der Waals surface area contributed by atoms with E-state index in [1.54, 1.807) is 18.5 Å². The Labute approximate surface area is 166 Å². The molecule has 1 aliphatic rings. The number of pyridine rings is 1. The Kier molecular flexibility index (Phi) is 5.16. The summed E-state index contributed by atoms with van der Waals surface area (Å²) in [6, 6.07) is 5.44. The summed E-state index contributed by atoms with van der Waals surface area (Å²) in [5.74, 6) is 1.96. The van der Waals surface area contributed by atoms with Crippen LogP contribution in [-0.2, 0) is 11.3 Å². The lowest BCUT2D eigenvalue weighted by Crippen LogP contribution is -2.29. The SMILES string of the molecule is CNC(=O)OC1CCN(c2nc(NCc3ccco3)c3cc(Cl)ncc3n2)C1. The maximum atomic E-state index is 11.4. The molecular weight excluding hydrogens is 384 g/mol. The lowest BCUT2D eigenvalue weighted by atomic mass is 10.3. The molecule has 10 heteroatoms. The third-order valence-electron chi connectivity index (χ3n) is 4.45. The molecule has 3 aromatic rings. The fourth-order valence-electron chi connectivity index (χ4n) is 3.07. The number of hydrogen-bond donors (Lipinski definition) is 2. The number of hydrogen-bond acceptors (Lipinski definition) is 8. The van der Waals surface area contributed by atoms with E-state index < -0.39 is 6.09 Å². The van der Waals surface area contributed by atoms with Crippen molar-refractivity contribution < 1.29 is 13.9 Å². The number of nitrogens with one attached hydrogen (secondary N) is 2. The Hall–Kier alpha value is -3.07. The van der Waals surface area contributed by atoms with Gasteiger partial charge >= 0.3 is 6.09 Å². The molecule has 0 aromatic carbocycles. The summed E-state index contributed by atoms with van der Waals surface area (Å²) in [5.41, 5.74) is 0.673. The number of halogens is 1. The topological polar surface area (TPSA) is 105 Å². The number of anilines is 2. The van der Waals surface area contributed by atoms with Crippen LogP contribution in [0.1, 0.15) is 12.2 Å². The van der Waals surface area contributed by atoms with Gasteiger partial charge in [0.05, 0.1) is 31.1 Å². The number of carbonyl (C=O) groups excluding carboxylic acids is 1. The number of carbonyl (C=O) groups is 1. The minimum Gasteiger partial charge on any atom is -0.467 e. The zero-order valence-electron chi connectivity index (χ0n) is 15.2. The van der Waals surface area contributed by atoms with Crippen molar-refractivity contribution in [2.75, 3.05) is 30.4 Å². The van der Waals surface area contributed by atoms with Crippen LogP contribution in [0.5, 0.6) is 0 Å². The summed E-state index contributed by atoms with van der Waals surface area (Å²) >= 11 is 6.06. The predicted molar refractivity (Wildman–Crippen MR) is 105 cm³/mol. The van der Waals surface area contributed by atoms with E-state index in [4.69, 9.17) is 20.8 Å². The molecule has 0 radical (unpaired) electrons. The van der Waals surface area contributed by atoms with Gasteiger partial charge < -0.3 is 24.7 Å². The predicted octanol–water partition coefficient (Wildman–Crippen LogP) is 2.82. The average Bonchev–Trinajstić information content (AvgIpc) is 3.38. The maximum absolute atomic E-state index is 11.4. The van der Waals surface area contributed by atoms with Gasteiger partial charge in [-0.2, -0.15) is 4.98 Å². The standard InChI is InChI=1S/C18H19ClN6O3/c1-20-18(26)28-12-4-5-25(10-12)17-23-14-9-21-15(19)7-13(14)16(24-17)22-8-11-3-2-6-27-11/h2-3,6-7,9,12H,4-5,8,10H2,1H3,(H,20,26)(H,22,23,24). The van der Waals surface area contributed by atoms with E-state index in [9.17, 15) is 4.79 Å². The van der Waals surface area contributed by atoms with Crippen molar-refractivity contribution in [3.63, 3.8) is 0 Å². The Balaban J connectivity index is 1.60. The quantitative estimate of drug-likeness (QED) is 0.627. The van der Waals surface area contributed by atoms with Crippen molar-refractivity contribution in [2.45, 2.75) is 19.1 Å². The highest BCUT2D eigenvalue weighted by Crippen LogP contribution is 2.27. The average molecular weight is 403 g/mol. The summed E-state index contributed by atoms with van der Waals surface area (Å²) in [4.78, 5) is 26.8. The molecule has 4 rings (SSSR count). The number of nitrogens with zero attached hydrogens (tertiary/aromatic N) is 4. The lowest BCUT2D eigenvalue weighted by molar-refractivity contribution is 0.110. The van der Waals surface area contributed by atoms with E-state index in [1.165, 1.54) is 7.05 Å². The molecule has 4 heterocycles. The van der Waals surface area contributed by atoms with Crippen molar-refractivity contribution in [2.24, 2.45) is 0 Å². The third-order valence-corrected chi connectivity index (χ3v) is 4.66. The summed E-state index contributed by atoms with van der Waals surface area (Å²) in [6.45, 7) is 1.68. The largest absolute Gasteiger partial charge is 0.467 e. The van der Waals surface area contributed by atoms with Crippen LogP contribution in [0.2, 0.25) is 5.15 Å². The summed E-state index contributed by atoms with van der Waals surface area (Å²) < 4.78 is 10.7. The summed E-state index contributed by atoms with van der Waals surface area (Å²) in [5, 5.41) is 6.88. The van der Waals surface area contributed by atoms with Gasteiger partial charge in [0.2, 0.25) is 5.95 Å². The van der Waals surface area contributed by atoms with Gasteiger partial charge in [0.15, 0.2) is 0 Å². The van der Waals surface area contributed by atoms with E-state index in [0.717, 1.165) is 11.1 Å². The van der Waals surface area contributed by atoms with Gasteiger partial charge in [0.1, 0.15) is 22.8 Å². The summed E-state index contributed by atoms with van der Waals surface area (Å²) in [7, 11) is 1.54. The van der Waals surface area contributed by atoms with Crippen molar-refractivity contribution in [3.05, 3.63) is 41.6 Å². The van der Waals surface area contributed by atoms with Crippen molar-refractivity contribution >= 4 is 40.4 Å². The monoisotopic (exact) mass is 402 g/mol. The van der Waals surface area contributed by atoms with E-state index in [0.29, 0.717) is 48.5 Å². The molecule has 1 unspecified atom stereocenters. The second-order valence-corrected chi connectivity index (χ2v) is 6.73. The van der Waals surface area contributed by atoms with E-state index in [-0.39, 0.29) is 6.10 Å². The molecule has 3 aromatic heterocycles. The van der Waals surface area contributed by atoms with Crippen LogP contribution < -0.4 is 15.5 Å². The van der Waals surface area contributed by atoms with Gasteiger partial charge in [-0.05, 0) is 18.2 Å². The molecule has 0 spiro atoms. The Morgan fingerprint density at radius 2 is 2.36 bits per heavy atom. The highest BCUT2D eigenvalue weighted by Gasteiger charge is 2.28. The van der Waals surface area contributed by atoms with Crippen LogP contribution in [0.3, 0.4) is 0 Å². The molecule has 1 saturated heterocycles. The smallest absolute Gasteiger partial charge is 0.407 e. The fourth-order valence-corrected chi connectivity index (χ4v) is 3.23. The first-order chi connectivity index (χ1) is 13.6. The number of amides is 1. The minimum absolute atomic E-state index is 0.206. The van der Waals surface area contributed by atoms with Gasteiger partial charge in [0.25, 0.3) is 0 Å². The molecule has 1 aliphatic heterocycles. The molecule has 1 amide bonds. The zero-order chi connectivity index (χ0) is 19.5. The fraction of sp³-hybridized carbons (Fsp3) is 0.333. The Morgan fingerprint density at radius 1 is 1.46 bits per heavy atom. The highest BCUT2D eigenvalue weighted by atomic mass is 35.5. The maximum Gasteiger partial charge on any atom is 0.407 e. The molecule has 28 heavy (non-hydrogen) atoms. The molecule has 1 fully saturated rings. The van der Waals surface area contributed by atoms with E-state index in [2.05, 4.69) is 25.6 Å². The lowest BCUT2D eigenvalue weighted by Gasteiger charge is -2.18. The highest BCUT2D eigenvalue weighted by molar-refractivity contribution is 6.30. The minimum atomic E-state index is -0.439. The molecule has 1 atom stereocenters. The molecule has 0 saturated carbocycles. The zero-order valence-corrected chi connectivity index (χ0v) is 15.9. The van der Waals surface area contributed by atoms with Crippen molar-refractivity contribution in [1.82, 2.24) is 20.3 Å². The molecule has 2 N–H and O–H groups in total. The van der Waals surface area contributed by atoms with Crippen LogP contribution in [-0.4, -0.2) is 47.3 Å². The third kappa shape index (κ3) is 3.94. The molecule has 146 valence electrons. The number of rotatable bonds is 5. The van der Waals surface area contributed by atoms with Gasteiger partial charge in [-0.25, -0.2) is 14.8 Å². The summed E-state index contributed by atoms with van der Waals surface area (Å²) in [6.07, 6.45) is 3.31. The number of alkyl carbamates (subject to hydrolysis) is 1. The van der Waals surface area contributed by atoms with Crippen molar-refractivity contribution in [1.29, 1.82) is 0 Å². The van der Waals surface area contributed by atoms with Gasteiger partial charge in [-0.3, -0.25) is 0 Å². The molecule has 0 bridgehead atoms. The van der Waals surface area contributed by atoms with Gasteiger partial charge in [-0.1, -0.05) is 11.6 Å². The van der Waals surface area contributed by atoms with Crippen LogP contribution in [0.25, 0.3) is 10.9 Å². The van der Waals surface area contributed by atoms with Gasteiger partial charge in [-0.15, -0.1) is 0 Å². The Morgan fingerprint density at radius 3 is 3.14 bits per heavy atom. The first kappa shape index (κ1) is 18.3. The first-order valence-corrected chi connectivity index (χ1v) is 9.23. The van der Waals surface area contributed by atoms with E-state index >= 15 is 0 Å². The van der Waals surface area contributed by atoms with Crippen LogP contribution >= 0.6 is 11.6 Å². The van der Waals surface area contributed by atoms with Crippen molar-refractivity contribution in [3.8, 4) is 0 Å². The molecular formula is C18H19ClN6O3. The second kappa shape index (κ2) is 7.89. The number of ether oxygens (including phenoxy) is 1. The normalized spacial score (nSPS) is 16.4. The number of aromatic nitrogens is 3. The van der Waals surface area contributed by atoms with Crippen LogP contribution in [0, 0.1) is 0 Å². The van der Waals surface area contributed by atoms with E-state index in [1.807, 2.05) is 17.0 Å². The second-order valence-electron chi connectivity index (χ2n) is 6.34. The molecule has 0 aliphatic carbocycles. The molecule has 9 nitrogen and oxygen atoms in total.